The molecule has 0 bridgehead atoms. The number of nitrogens with one attached hydrogen (secondary N) is 2. The summed E-state index contributed by atoms with van der Waals surface area (Å²) in [5, 5.41) is 10.9. The van der Waals surface area contributed by atoms with Gasteiger partial charge in [0.15, 0.2) is 5.96 Å². The van der Waals surface area contributed by atoms with Crippen LogP contribution in [0, 0.1) is 0 Å². The third-order valence-corrected chi connectivity index (χ3v) is 4.23. The van der Waals surface area contributed by atoms with Crippen molar-refractivity contribution in [3.63, 3.8) is 0 Å². The van der Waals surface area contributed by atoms with Crippen LogP contribution in [0.25, 0.3) is 0 Å². The first-order valence-corrected chi connectivity index (χ1v) is 8.86. The molecule has 0 aromatic carbocycles. The summed E-state index contributed by atoms with van der Waals surface area (Å²) in [5.41, 5.74) is 1.93. The number of guanidine groups is 1. The van der Waals surface area contributed by atoms with Gasteiger partial charge in [0.2, 0.25) is 5.91 Å². The molecular formula is C18H30N6O. The van der Waals surface area contributed by atoms with Crippen LogP contribution in [-0.2, 0) is 11.3 Å². The summed E-state index contributed by atoms with van der Waals surface area (Å²) < 4.78 is 2.07. The lowest BCUT2D eigenvalue weighted by Crippen LogP contribution is -2.43. The van der Waals surface area contributed by atoms with Crippen molar-refractivity contribution in [3.8, 4) is 0 Å². The zero-order valence-electron chi connectivity index (χ0n) is 15.6. The van der Waals surface area contributed by atoms with E-state index in [9.17, 15) is 4.79 Å². The van der Waals surface area contributed by atoms with Gasteiger partial charge in [0.1, 0.15) is 0 Å². The molecule has 1 aliphatic carbocycles. The molecular weight excluding hydrogens is 316 g/mol. The molecule has 2 N–H and O–H groups in total. The number of aromatic nitrogens is 2. The lowest BCUT2D eigenvalue weighted by atomic mass is 10.3. The van der Waals surface area contributed by atoms with Crippen molar-refractivity contribution in [2.24, 2.45) is 4.99 Å². The van der Waals surface area contributed by atoms with E-state index in [1.54, 1.807) is 19.0 Å². The molecule has 0 radical (unpaired) electrons. The van der Waals surface area contributed by atoms with E-state index in [1.165, 1.54) is 25.7 Å². The average molecular weight is 346 g/mol. The predicted molar refractivity (Wildman–Crippen MR) is 100 cm³/mol. The minimum absolute atomic E-state index is 0.00432. The van der Waals surface area contributed by atoms with Gasteiger partial charge in [-0.3, -0.25) is 9.48 Å². The summed E-state index contributed by atoms with van der Waals surface area (Å²) in [7, 11) is 3.47. The molecule has 1 aliphatic rings. The van der Waals surface area contributed by atoms with Crippen LogP contribution in [0.1, 0.15) is 44.3 Å². The third-order valence-electron chi connectivity index (χ3n) is 4.23. The van der Waals surface area contributed by atoms with E-state index >= 15 is 0 Å². The van der Waals surface area contributed by atoms with Crippen molar-refractivity contribution in [1.29, 1.82) is 0 Å². The Balaban J connectivity index is 1.95. The fourth-order valence-corrected chi connectivity index (χ4v) is 2.72. The van der Waals surface area contributed by atoms with Crippen LogP contribution < -0.4 is 10.6 Å². The Morgan fingerprint density at radius 1 is 1.36 bits per heavy atom. The van der Waals surface area contributed by atoms with Crippen molar-refractivity contribution < 1.29 is 4.79 Å². The van der Waals surface area contributed by atoms with Gasteiger partial charge in [0.25, 0.3) is 0 Å². The lowest BCUT2D eigenvalue weighted by molar-refractivity contribution is -0.127. The fourth-order valence-electron chi connectivity index (χ4n) is 2.72. The van der Waals surface area contributed by atoms with Gasteiger partial charge < -0.3 is 15.5 Å². The van der Waals surface area contributed by atoms with Gasteiger partial charge in [-0.2, -0.15) is 5.10 Å². The molecule has 1 saturated carbocycles. The fraction of sp³-hybridized carbons (Fsp3) is 0.611. The van der Waals surface area contributed by atoms with Crippen LogP contribution in [0.5, 0.6) is 0 Å². The Kier molecular flexibility index (Phi) is 7.03. The standard InChI is InChI=1S/C18H30N6O/c1-14(2)11-19-18(21-13-17(25)23(3)4)20-12-15-9-10-24(22-15)16-7-5-6-8-16/h9-10,16H,1,5-8,11-13H2,2-4H3,(H2,19,20,21). The normalized spacial score (nSPS) is 15.2. The summed E-state index contributed by atoms with van der Waals surface area (Å²) >= 11 is 0. The summed E-state index contributed by atoms with van der Waals surface area (Å²) in [6, 6.07) is 2.55. The molecule has 1 fully saturated rings. The predicted octanol–water partition coefficient (Wildman–Crippen LogP) is 1.70. The Hall–Kier alpha value is -2.31. The molecule has 138 valence electrons. The highest BCUT2D eigenvalue weighted by atomic mass is 16.2. The highest BCUT2D eigenvalue weighted by Gasteiger charge is 2.17. The van der Waals surface area contributed by atoms with Gasteiger partial charge in [-0.25, -0.2) is 4.99 Å². The Labute approximate surface area is 150 Å². The molecule has 0 unspecified atom stereocenters. The topological polar surface area (TPSA) is 74.5 Å². The monoisotopic (exact) mass is 346 g/mol. The van der Waals surface area contributed by atoms with E-state index in [0.717, 1.165) is 11.3 Å². The highest BCUT2D eigenvalue weighted by molar-refractivity contribution is 5.86. The molecule has 0 saturated heterocycles. The van der Waals surface area contributed by atoms with Crippen LogP contribution in [0.4, 0.5) is 0 Å². The molecule has 2 rings (SSSR count). The molecule has 0 atom stereocenters. The van der Waals surface area contributed by atoms with E-state index < -0.39 is 0 Å². The smallest absolute Gasteiger partial charge is 0.241 e. The lowest BCUT2D eigenvalue weighted by Gasteiger charge is -2.14. The Bertz CT molecular complexity index is 613. The quantitative estimate of drug-likeness (QED) is 0.448. The highest BCUT2D eigenvalue weighted by Crippen LogP contribution is 2.28. The van der Waals surface area contributed by atoms with Crippen molar-refractivity contribution in [1.82, 2.24) is 25.3 Å². The number of carbonyl (C=O) groups excluding carboxylic acids is 1. The molecule has 7 nitrogen and oxygen atoms in total. The van der Waals surface area contributed by atoms with Crippen LogP contribution in [0.15, 0.2) is 29.4 Å². The number of carbonyl (C=O) groups is 1. The molecule has 25 heavy (non-hydrogen) atoms. The van der Waals surface area contributed by atoms with Gasteiger partial charge in [0, 0.05) is 26.8 Å². The van der Waals surface area contributed by atoms with E-state index in [1.807, 2.05) is 19.2 Å². The average Bonchev–Trinajstić information content (AvgIpc) is 3.24. The summed E-state index contributed by atoms with van der Waals surface area (Å²) in [6.45, 7) is 7.11. The molecule has 0 spiro atoms. The summed E-state index contributed by atoms with van der Waals surface area (Å²) in [6.07, 6.45) is 7.05. The SMILES string of the molecule is C=C(C)CNC(=NCc1ccn(C2CCCC2)n1)NCC(=O)N(C)C. The van der Waals surface area contributed by atoms with Gasteiger partial charge in [-0.1, -0.05) is 25.0 Å². The first-order valence-electron chi connectivity index (χ1n) is 8.86. The number of nitrogens with zero attached hydrogens (tertiary/aromatic N) is 4. The number of amides is 1. The molecule has 7 heteroatoms. The number of hydrogen-bond acceptors (Lipinski definition) is 3. The van der Waals surface area contributed by atoms with E-state index in [4.69, 9.17) is 0 Å². The maximum Gasteiger partial charge on any atom is 0.241 e. The van der Waals surface area contributed by atoms with Gasteiger partial charge in [-0.05, 0) is 25.8 Å². The first-order chi connectivity index (χ1) is 12.0. The number of likely N-dealkylation sites (N-methyl/N-ethyl adjacent to an activating group) is 1. The summed E-state index contributed by atoms with van der Waals surface area (Å²) in [4.78, 5) is 17.8. The molecule has 1 amide bonds. The van der Waals surface area contributed by atoms with Gasteiger partial charge in [-0.15, -0.1) is 0 Å². The van der Waals surface area contributed by atoms with E-state index in [2.05, 4.69) is 32.0 Å². The van der Waals surface area contributed by atoms with Gasteiger partial charge in [0.05, 0.1) is 24.8 Å². The van der Waals surface area contributed by atoms with Crippen LogP contribution in [0.2, 0.25) is 0 Å². The Morgan fingerprint density at radius 3 is 2.68 bits per heavy atom. The van der Waals surface area contributed by atoms with Crippen molar-refractivity contribution in [2.75, 3.05) is 27.2 Å². The van der Waals surface area contributed by atoms with Crippen molar-refractivity contribution in [3.05, 3.63) is 30.1 Å². The minimum Gasteiger partial charge on any atom is -0.353 e. The first kappa shape index (κ1) is 19.0. The van der Waals surface area contributed by atoms with Crippen LogP contribution >= 0.6 is 0 Å². The second-order valence-corrected chi connectivity index (χ2v) is 6.84. The second kappa shape index (κ2) is 9.25. The van der Waals surface area contributed by atoms with Crippen LogP contribution in [-0.4, -0.2) is 53.7 Å². The summed E-state index contributed by atoms with van der Waals surface area (Å²) in [5.74, 6) is 0.587. The Morgan fingerprint density at radius 2 is 2.04 bits per heavy atom. The molecule has 1 aromatic heterocycles. The third kappa shape index (κ3) is 6.25. The van der Waals surface area contributed by atoms with Crippen LogP contribution in [0.3, 0.4) is 0 Å². The molecule has 0 aliphatic heterocycles. The minimum atomic E-state index is -0.00432. The molecule has 1 aromatic rings. The maximum absolute atomic E-state index is 11.8. The number of rotatable bonds is 7. The zero-order valence-corrected chi connectivity index (χ0v) is 15.6. The van der Waals surface area contributed by atoms with E-state index in [-0.39, 0.29) is 12.5 Å². The van der Waals surface area contributed by atoms with Crippen molar-refractivity contribution in [2.45, 2.75) is 45.2 Å². The number of aliphatic imine (C=N–C) groups is 1. The second-order valence-electron chi connectivity index (χ2n) is 6.84. The van der Waals surface area contributed by atoms with Crippen molar-refractivity contribution >= 4 is 11.9 Å². The molecule has 1 heterocycles. The number of hydrogen-bond donors (Lipinski definition) is 2. The zero-order chi connectivity index (χ0) is 18.2. The maximum atomic E-state index is 11.8. The van der Waals surface area contributed by atoms with Gasteiger partial charge >= 0.3 is 0 Å². The van der Waals surface area contributed by atoms with E-state index in [0.29, 0.717) is 25.1 Å². The largest absolute Gasteiger partial charge is 0.353 e.